The fourth-order valence-electron chi connectivity index (χ4n) is 2.93. The summed E-state index contributed by atoms with van der Waals surface area (Å²) in [6.45, 7) is 3.96. The molecule has 0 aromatic carbocycles. The number of rotatable bonds is 2. The number of hydrogen-bond acceptors (Lipinski definition) is 2. The molecule has 0 aromatic heterocycles. The zero-order valence-electron chi connectivity index (χ0n) is 10.1. The molecule has 16 heavy (non-hydrogen) atoms. The van der Waals surface area contributed by atoms with Crippen LogP contribution in [0.5, 0.6) is 0 Å². The molecule has 2 aliphatic heterocycles. The minimum atomic E-state index is 0.195. The van der Waals surface area contributed by atoms with Crippen LogP contribution >= 0.6 is 0 Å². The number of amides is 1. The predicted molar refractivity (Wildman–Crippen MR) is 65.2 cm³/mol. The molecule has 2 saturated heterocycles. The topological polar surface area (TPSA) is 32.3 Å². The Kier molecular flexibility index (Phi) is 3.99. The standard InChI is InChI=1S/C13H22N2O/c1-2-6-13(16)15-10-4-3-8-12(15)11-7-5-9-14-11/h2,6,11-12,14H,3-5,7-10H2,1H3. The van der Waals surface area contributed by atoms with Crippen LogP contribution in [0.3, 0.4) is 0 Å². The summed E-state index contributed by atoms with van der Waals surface area (Å²) in [5.41, 5.74) is 0. The number of carbonyl (C=O) groups excluding carboxylic acids is 1. The van der Waals surface area contributed by atoms with Crippen molar-refractivity contribution < 1.29 is 4.79 Å². The van der Waals surface area contributed by atoms with Gasteiger partial charge in [0.15, 0.2) is 0 Å². The lowest BCUT2D eigenvalue weighted by molar-refractivity contribution is -0.130. The van der Waals surface area contributed by atoms with E-state index < -0.39 is 0 Å². The van der Waals surface area contributed by atoms with E-state index in [1.807, 2.05) is 13.0 Å². The first-order valence-corrected chi connectivity index (χ1v) is 6.49. The lowest BCUT2D eigenvalue weighted by Crippen LogP contribution is -2.52. The first kappa shape index (κ1) is 11.6. The molecule has 0 saturated carbocycles. The number of carbonyl (C=O) groups is 1. The van der Waals surface area contributed by atoms with Crippen LogP contribution in [0.4, 0.5) is 0 Å². The van der Waals surface area contributed by atoms with E-state index in [1.165, 1.54) is 25.7 Å². The third-order valence-electron chi connectivity index (χ3n) is 3.70. The highest BCUT2D eigenvalue weighted by molar-refractivity contribution is 5.87. The number of allylic oxidation sites excluding steroid dienone is 1. The Morgan fingerprint density at radius 1 is 1.31 bits per heavy atom. The Balaban J connectivity index is 2.03. The van der Waals surface area contributed by atoms with E-state index >= 15 is 0 Å². The number of nitrogens with one attached hydrogen (secondary N) is 1. The monoisotopic (exact) mass is 222 g/mol. The van der Waals surface area contributed by atoms with Crippen LogP contribution in [0.1, 0.15) is 39.0 Å². The molecule has 0 aliphatic carbocycles. The summed E-state index contributed by atoms with van der Waals surface area (Å²) in [5.74, 6) is 0.195. The van der Waals surface area contributed by atoms with Crippen LogP contribution in [-0.2, 0) is 4.79 Å². The molecule has 2 aliphatic rings. The Morgan fingerprint density at radius 2 is 2.19 bits per heavy atom. The maximum absolute atomic E-state index is 12.0. The van der Waals surface area contributed by atoms with Crippen molar-refractivity contribution in [1.29, 1.82) is 0 Å². The molecule has 0 radical (unpaired) electrons. The van der Waals surface area contributed by atoms with Gasteiger partial charge in [-0.2, -0.15) is 0 Å². The summed E-state index contributed by atoms with van der Waals surface area (Å²) in [6, 6.07) is 0.967. The third kappa shape index (κ3) is 2.46. The van der Waals surface area contributed by atoms with Crippen molar-refractivity contribution in [2.75, 3.05) is 13.1 Å². The van der Waals surface area contributed by atoms with E-state index in [1.54, 1.807) is 6.08 Å². The molecule has 0 aromatic rings. The SMILES string of the molecule is CC=CC(=O)N1CCCCC1C1CCCN1. The smallest absolute Gasteiger partial charge is 0.246 e. The van der Waals surface area contributed by atoms with Crippen LogP contribution in [0.15, 0.2) is 12.2 Å². The minimum absolute atomic E-state index is 0.195. The quantitative estimate of drug-likeness (QED) is 0.721. The van der Waals surface area contributed by atoms with Crippen LogP contribution in [0.25, 0.3) is 0 Å². The van der Waals surface area contributed by atoms with Gasteiger partial charge in [-0.25, -0.2) is 0 Å². The Bertz CT molecular complexity index is 269. The highest BCUT2D eigenvalue weighted by atomic mass is 16.2. The Morgan fingerprint density at radius 3 is 2.88 bits per heavy atom. The van der Waals surface area contributed by atoms with Crippen molar-refractivity contribution in [3.8, 4) is 0 Å². The van der Waals surface area contributed by atoms with Gasteiger partial charge in [0, 0.05) is 18.6 Å². The van der Waals surface area contributed by atoms with Crippen LogP contribution in [0.2, 0.25) is 0 Å². The minimum Gasteiger partial charge on any atom is -0.335 e. The second-order valence-electron chi connectivity index (χ2n) is 4.80. The average Bonchev–Trinajstić information content (AvgIpc) is 2.83. The van der Waals surface area contributed by atoms with Crippen LogP contribution in [-0.4, -0.2) is 36.0 Å². The molecule has 2 unspecified atom stereocenters. The molecular formula is C13H22N2O. The fraction of sp³-hybridized carbons (Fsp3) is 0.769. The zero-order valence-corrected chi connectivity index (χ0v) is 10.1. The third-order valence-corrected chi connectivity index (χ3v) is 3.70. The lowest BCUT2D eigenvalue weighted by Gasteiger charge is -2.38. The lowest BCUT2D eigenvalue weighted by atomic mass is 9.94. The van der Waals surface area contributed by atoms with Gasteiger partial charge in [-0.05, 0) is 51.6 Å². The second kappa shape index (κ2) is 5.48. The molecule has 2 fully saturated rings. The summed E-state index contributed by atoms with van der Waals surface area (Å²) in [6.07, 6.45) is 9.62. The molecular weight excluding hydrogens is 200 g/mol. The van der Waals surface area contributed by atoms with Gasteiger partial charge in [-0.3, -0.25) is 4.79 Å². The van der Waals surface area contributed by atoms with Crippen molar-refractivity contribution in [3.05, 3.63) is 12.2 Å². The van der Waals surface area contributed by atoms with E-state index in [2.05, 4.69) is 10.2 Å². The molecule has 0 bridgehead atoms. The first-order chi connectivity index (χ1) is 7.83. The van der Waals surface area contributed by atoms with Gasteiger partial charge in [0.05, 0.1) is 0 Å². The average molecular weight is 222 g/mol. The molecule has 0 spiro atoms. The number of hydrogen-bond donors (Lipinski definition) is 1. The predicted octanol–water partition coefficient (Wildman–Crippen LogP) is 1.70. The summed E-state index contributed by atoms with van der Waals surface area (Å²) in [4.78, 5) is 14.1. The number of nitrogens with zero attached hydrogens (tertiary/aromatic N) is 1. The number of likely N-dealkylation sites (tertiary alicyclic amines) is 1. The Hall–Kier alpha value is -0.830. The molecule has 1 amide bonds. The van der Waals surface area contributed by atoms with Crippen molar-refractivity contribution in [3.63, 3.8) is 0 Å². The van der Waals surface area contributed by atoms with Crippen molar-refractivity contribution in [1.82, 2.24) is 10.2 Å². The molecule has 2 atom stereocenters. The van der Waals surface area contributed by atoms with Crippen LogP contribution < -0.4 is 5.32 Å². The van der Waals surface area contributed by atoms with E-state index in [9.17, 15) is 4.79 Å². The van der Waals surface area contributed by atoms with E-state index in [-0.39, 0.29) is 5.91 Å². The normalized spacial score (nSPS) is 31.2. The molecule has 2 rings (SSSR count). The second-order valence-corrected chi connectivity index (χ2v) is 4.80. The van der Waals surface area contributed by atoms with Gasteiger partial charge in [0.25, 0.3) is 0 Å². The largest absolute Gasteiger partial charge is 0.335 e. The van der Waals surface area contributed by atoms with Gasteiger partial charge in [-0.1, -0.05) is 6.08 Å². The summed E-state index contributed by atoms with van der Waals surface area (Å²) in [5, 5.41) is 3.54. The van der Waals surface area contributed by atoms with Gasteiger partial charge >= 0.3 is 0 Å². The van der Waals surface area contributed by atoms with Crippen molar-refractivity contribution in [2.45, 2.75) is 51.1 Å². The molecule has 1 N–H and O–H groups in total. The van der Waals surface area contributed by atoms with Gasteiger partial charge in [-0.15, -0.1) is 0 Å². The molecule has 90 valence electrons. The molecule has 2 heterocycles. The van der Waals surface area contributed by atoms with Gasteiger partial charge < -0.3 is 10.2 Å². The Labute approximate surface area is 97.9 Å². The summed E-state index contributed by atoms with van der Waals surface area (Å²) >= 11 is 0. The van der Waals surface area contributed by atoms with Gasteiger partial charge in [0.1, 0.15) is 0 Å². The fourth-order valence-corrected chi connectivity index (χ4v) is 2.93. The maximum atomic E-state index is 12.0. The summed E-state index contributed by atoms with van der Waals surface area (Å²) < 4.78 is 0. The maximum Gasteiger partial charge on any atom is 0.246 e. The van der Waals surface area contributed by atoms with Crippen LogP contribution in [0, 0.1) is 0 Å². The van der Waals surface area contributed by atoms with Crippen molar-refractivity contribution >= 4 is 5.91 Å². The highest BCUT2D eigenvalue weighted by Crippen LogP contribution is 2.24. The van der Waals surface area contributed by atoms with Crippen molar-refractivity contribution in [2.24, 2.45) is 0 Å². The zero-order chi connectivity index (χ0) is 11.4. The molecule has 3 heteroatoms. The molecule has 3 nitrogen and oxygen atoms in total. The summed E-state index contributed by atoms with van der Waals surface area (Å²) in [7, 11) is 0. The van der Waals surface area contributed by atoms with Gasteiger partial charge in [0.2, 0.25) is 5.91 Å². The highest BCUT2D eigenvalue weighted by Gasteiger charge is 2.33. The number of piperidine rings is 1. The first-order valence-electron chi connectivity index (χ1n) is 6.49. The van der Waals surface area contributed by atoms with E-state index in [4.69, 9.17) is 0 Å². The van der Waals surface area contributed by atoms with E-state index in [0.717, 1.165) is 19.5 Å². The van der Waals surface area contributed by atoms with E-state index in [0.29, 0.717) is 12.1 Å².